The molecule has 10 heteroatoms. The molecule has 0 aromatic heterocycles. The first-order valence-electron chi connectivity index (χ1n) is 9.73. The number of anilines is 1. The van der Waals surface area contributed by atoms with Crippen molar-refractivity contribution in [2.24, 2.45) is 0 Å². The Kier molecular flexibility index (Phi) is 6.79. The fourth-order valence-corrected chi connectivity index (χ4v) is 4.51. The van der Waals surface area contributed by atoms with Crippen LogP contribution in [0.5, 0.6) is 0 Å². The van der Waals surface area contributed by atoms with Gasteiger partial charge in [0.25, 0.3) is 15.9 Å². The largest absolute Gasteiger partial charge is 0.453 e. The van der Waals surface area contributed by atoms with Gasteiger partial charge in [-0.3, -0.25) is 9.52 Å². The number of halogens is 1. The van der Waals surface area contributed by atoms with Crippen molar-refractivity contribution in [2.75, 3.05) is 38.0 Å². The number of carbonyl (C=O) groups excluding carboxylic acids is 2. The molecule has 2 aromatic carbocycles. The fraction of sp³-hybridized carbons (Fsp3) is 0.333. The first kappa shape index (κ1) is 22.5. The predicted molar refractivity (Wildman–Crippen MR) is 113 cm³/mol. The average Bonchev–Trinajstić information content (AvgIpc) is 3.01. The summed E-state index contributed by atoms with van der Waals surface area (Å²) in [4.78, 5) is 27.9. The quantitative estimate of drug-likeness (QED) is 0.774. The van der Waals surface area contributed by atoms with Crippen LogP contribution >= 0.6 is 0 Å². The summed E-state index contributed by atoms with van der Waals surface area (Å²) in [5.74, 6) is -0.850. The molecule has 1 N–H and O–H groups in total. The van der Waals surface area contributed by atoms with Crippen LogP contribution in [0.2, 0.25) is 0 Å². The highest BCUT2D eigenvalue weighted by atomic mass is 32.2. The number of nitrogens with one attached hydrogen (secondary N) is 1. The van der Waals surface area contributed by atoms with Gasteiger partial charge in [-0.25, -0.2) is 17.6 Å². The maximum atomic E-state index is 13.5. The smallest absolute Gasteiger partial charge is 0.409 e. The van der Waals surface area contributed by atoms with Crippen molar-refractivity contribution >= 4 is 27.7 Å². The van der Waals surface area contributed by atoms with Crippen LogP contribution in [0.4, 0.5) is 14.9 Å². The van der Waals surface area contributed by atoms with E-state index >= 15 is 0 Å². The Morgan fingerprint density at radius 1 is 1.03 bits per heavy atom. The highest BCUT2D eigenvalue weighted by molar-refractivity contribution is 7.92. The molecule has 1 saturated heterocycles. The van der Waals surface area contributed by atoms with Crippen LogP contribution in [0.15, 0.2) is 47.4 Å². The van der Waals surface area contributed by atoms with Crippen LogP contribution in [-0.4, -0.2) is 63.5 Å². The number of benzene rings is 2. The van der Waals surface area contributed by atoms with E-state index < -0.39 is 21.9 Å². The Bertz CT molecular complexity index is 1090. The Labute approximate surface area is 180 Å². The van der Waals surface area contributed by atoms with Gasteiger partial charge in [-0.15, -0.1) is 0 Å². The lowest BCUT2D eigenvalue weighted by Crippen LogP contribution is -2.37. The topological polar surface area (TPSA) is 96.0 Å². The van der Waals surface area contributed by atoms with E-state index in [1.165, 1.54) is 37.1 Å². The van der Waals surface area contributed by atoms with E-state index in [9.17, 15) is 22.4 Å². The minimum absolute atomic E-state index is 0.0999. The molecule has 0 spiro atoms. The summed E-state index contributed by atoms with van der Waals surface area (Å²) >= 11 is 0. The Hall–Kier alpha value is -3.14. The number of hydrogen-bond acceptors (Lipinski definition) is 5. The molecule has 1 aliphatic rings. The number of carbonyl (C=O) groups is 2. The third kappa shape index (κ3) is 5.13. The standard InChI is InChI=1S/C21H24FN3O5S/c1-15-14-16(8-9-18(15)22)31(28,29)23-19-7-4-3-6-17(19)20(26)24-10-5-11-25(13-12-24)21(27)30-2/h3-4,6-9,14,23H,5,10-13H2,1-2H3. The summed E-state index contributed by atoms with van der Waals surface area (Å²) in [6.07, 6.45) is 0.126. The number of hydrogen-bond donors (Lipinski definition) is 1. The molecule has 0 radical (unpaired) electrons. The molecule has 0 unspecified atom stereocenters. The third-order valence-electron chi connectivity index (χ3n) is 5.06. The molecular weight excluding hydrogens is 425 g/mol. The van der Waals surface area contributed by atoms with Crippen molar-refractivity contribution in [2.45, 2.75) is 18.2 Å². The maximum absolute atomic E-state index is 13.5. The summed E-state index contributed by atoms with van der Waals surface area (Å²) in [6.45, 7) is 2.98. The van der Waals surface area contributed by atoms with E-state index in [1.807, 2.05) is 0 Å². The zero-order valence-electron chi connectivity index (χ0n) is 17.3. The van der Waals surface area contributed by atoms with Crippen molar-refractivity contribution in [1.29, 1.82) is 0 Å². The predicted octanol–water partition coefficient (Wildman–Crippen LogP) is 2.85. The molecular formula is C21H24FN3O5S. The number of methoxy groups -OCH3 is 1. The third-order valence-corrected chi connectivity index (χ3v) is 6.42. The van der Waals surface area contributed by atoms with E-state index in [0.717, 1.165) is 6.07 Å². The Balaban J connectivity index is 1.82. The molecule has 1 heterocycles. The van der Waals surface area contributed by atoms with Gasteiger partial charge in [0.1, 0.15) is 5.82 Å². The molecule has 2 amide bonds. The lowest BCUT2D eigenvalue weighted by Gasteiger charge is -2.22. The summed E-state index contributed by atoms with van der Waals surface area (Å²) in [7, 11) is -2.72. The van der Waals surface area contributed by atoms with Crippen molar-refractivity contribution in [1.82, 2.24) is 9.80 Å². The first-order chi connectivity index (χ1) is 14.7. The van der Waals surface area contributed by atoms with Crippen molar-refractivity contribution in [3.8, 4) is 0 Å². The minimum atomic E-state index is -4.03. The van der Waals surface area contributed by atoms with Crippen LogP contribution in [0.1, 0.15) is 22.3 Å². The van der Waals surface area contributed by atoms with Gasteiger partial charge in [0.2, 0.25) is 0 Å². The zero-order valence-corrected chi connectivity index (χ0v) is 18.1. The summed E-state index contributed by atoms with van der Waals surface area (Å²) in [5.41, 5.74) is 0.520. The van der Waals surface area contributed by atoms with Crippen LogP contribution in [0.3, 0.4) is 0 Å². The number of aryl methyl sites for hydroxylation is 1. The van der Waals surface area contributed by atoms with Crippen molar-refractivity contribution in [3.63, 3.8) is 0 Å². The molecule has 0 aliphatic carbocycles. The van der Waals surface area contributed by atoms with Crippen molar-refractivity contribution < 1.29 is 27.1 Å². The summed E-state index contributed by atoms with van der Waals surface area (Å²) in [5, 5.41) is 0. The number of para-hydroxylation sites is 1. The van der Waals surface area contributed by atoms with E-state index in [-0.39, 0.29) is 27.6 Å². The van der Waals surface area contributed by atoms with Gasteiger partial charge in [-0.2, -0.15) is 0 Å². The van der Waals surface area contributed by atoms with Gasteiger partial charge in [-0.05, 0) is 49.2 Å². The van der Waals surface area contributed by atoms with Crippen LogP contribution in [-0.2, 0) is 14.8 Å². The molecule has 0 saturated carbocycles. The molecule has 166 valence electrons. The normalized spacial score (nSPS) is 14.7. The second-order valence-corrected chi connectivity index (χ2v) is 8.85. The van der Waals surface area contributed by atoms with Crippen molar-refractivity contribution in [3.05, 3.63) is 59.4 Å². The highest BCUT2D eigenvalue weighted by Gasteiger charge is 2.26. The number of rotatable bonds is 4. The zero-order chi connectivity index (χ0) is 22.6. The second-order valence-electron chi connectivity index (χ2n) is 7.16. The van der Waals surface area contributed by atoms with E-state index in [0.29, 0.717) is 32.6 Å². The van der Waals surface area contributed by atoms with E-state index in [2.05, 4.69) is 4.72 Å². The van der Waals surface area contributed by atoms with Gasteiger partial charge in [0.15, 0.2) is 0 Å². The summed E-state index contributed by atoms with van der Waals surface area (Å²) in [6, 6.07) is 9.80. The molecule has 31 heavy (non-hydrogen) atoms. The number of nitrogens with zero attached hydrogens (tertiary/aromatic N) is 2. The monoisotopic (exact) mass is 449 g/mol. The highest BCUT2D eigenvalue weighted by Crippen LogP contribution is 2.23. The van der Waals surface area contributed by atoms with E-state index in [1.54, 1.807) is 23.1 Å². The van der Waals surface area contributed by atoms with Crippen LogP contribution < -0.4 is 4.72 Å². The molecule has 0 bridgehead atoms. The van der Waals surface area contributed by atoms with Gasteiger partial charge < -0.3 is 14.5 Å². The van der Waals surface area contributed by atoms with Crippen LogP contribution in [0, 0.1) is 12.7 Å². The Morgan fingerprint density at radius 3 is 2.42 bits per heavy atom. The Morgan fingerprint density at radius 2 is 1.71 bits per heavy atom. The van der Waals surface area contributed by atoms with Gasteiger partial charge in [0, 0.05) is 26.2 Å². The first-order valence-corrected chi connectivity index (χ1v) is 11.2. The minimum Gasteiger partial charge on any atom is -0.453 e. The molecule has 0 atom stereocenters. The SMILES string of the molecule is COC(=O)N1CCCN(C(=O)c2ccccc2NS(=O)(=O)c2ccc(F)c(C)c2)CC1. The molecule has 2 aromatic rings. The lowest BCUT2D eigenvalue weighted by atomic mass is 10.1. The molecule has 8 nitrogen and oxygen atoms in total. The molecule has 1 fully saturated rings. The van der Waals surface area contributed by atoms with Crippen LogP contribution in [0.25, 0.3) is 0 Å². The average molecular weight is 450 g/mol. The van der Waals surface area contributed by atoms with E-state index in [4.69, 9.17) is 4.74 Å². The lowest BCUT2D eigenvalue weighted by molar-refractivity contribution is 0.0758. The molecule has 3 rings (SSSR count). The number of sulfonamides is 1. The second kappa shape index (κ2) is 9.34. The fourth-order valence-electron chi connectivity index (χ4n) is 3.35. The number of amides is 2. The van der Waals surface area contributed by atoms with Gasteiger partial charge >= 0.3 is 6.09 Å². The van der Waals surface area contributed by atoms with Gasteiger partial charge in [-0.1, -0.05) is 12.1 Å². The maximum Gasteiger partial charge on any atom is 0.409 e. The number of ether oxygens (including phenoxy) is 1. The summed E-state index contributed by atoms with van der Waals surface area (Å²) < 4.78 is 46.3. The van der Waals surface area contributed by atoms with Gasteiger partial charge in [0.05, 0.1) is 23.3 Å². The molecule has 1 aliphatic heterocycles.